The lowest BCUT2D eigenvalue weighted by Gasteiger charge is -2.22. The standard InChI is InChI=1S/C21H34N4O5S/c1-6-25(7-2)31(27,28)17-8-9-19-18(16-17)22-20(23(19)3)10-11-21(26)24(12-14-29-4)13-15-30-5/h8-9,16H,6-7,10-15H2,1-5H3. The van der Waals surface area contributed by atoms with Gasteiger partial charge >= 0.3 is 0 Å². The number of aryl methyl sites for hydroxylation is 2. The predicted octanol–water partition coefficient (Wildman–Crippen LogP) is 1.66. The van der Waals surface area contributed by atoms with E-state index >= 15 is 0 Å². The molecule has 2 aromatic rings. The van der Waals surface area contributed by atoms with Gasteiger partial charge < -0.3 is 18.9 Å². The fraction of sp³-hybridized carbons (Fsp3) is 0.619. The van der Waals surface area contributed by atoms with Gasteiger partial charge in [-0.2, -0.15) is 4.31 Å². The van der Waals surface area contributed by atoms with E-state index < -0.39 is 10.0 Å². The van der Waals surface area contributed by atoms with Crippen molar-refractivity contribution >= 4 is 27.0 Å². The van der Waals surface area contributed by atoms with Gasteiger partial charge in [0.25, 0.3) is 0 Å². The monoisotopic (exact) mass is 454 g/mol. The van der Waals surface area contributed by atoms with Crippen LogP contribution < -0.4 is 0 Å². The minimum Gasteiger partial charge on any atom is -0.383 e. The molecule has 0 saturated heterocycles. The van der Waals surface area contributed by atoms with Gasteiger partial charge in [-0.15, -0.1) is 0 Å². The number of benzene rings is 1. The van der Waals surface area contributed by atoms with Gasteiger partial charge in [0.1, 0.15) is 5.82 Å². The molecule has 0 saturated carbocycles. The number of fused-ring (bicyclic) bond motifs is 1. The van der Waals surface area contributed by atoms with E-state index in [0.29, 0.717) is 57.8 Å². The first-order chi connectivity index (χ1) is 14.8. The van der Waals surface area contributed by atoms with Crippen LogP contribution in [0.1, 0.15) is 26.1 Å². The van der Waals surface area contributed by atoms with E-state index in [1.54, 1.807) is 37.3 Å². The van der Waals surface area contributed by atoms with Crippen molar-refractivity contribution in [3.8, 4) is 0 Å². The van der Waals surface area contributed by atoms with E-state index in [9.17, 15) is 13.2 Å². The highest BCUT2D eigenvalue weighted by atomic mass is 32.2. The zero-order valence-electron chi connectivity index (χ0n) is 19.1. The molecule has 9 nitrogen and oxygen atoms in total. The highest BCUT2D eigenvalue weighted by molar-refractivity contribution is 7.89. The Kier molecular flexibility index (Phi) is 9.42. The summed E-state index contributed by atoms with van der Waals surface area (Å²) in [6.45, 7) is 6.40. The number of ether oxygens (including phenoxy) is 2. The van der Waals surface area contributed by atoms with Crippen LogP contribution in [-0.4, -0.2) is 86.7 Å². The molecule has 0 aliphatic heterocycles. The Hall–Kier alpha value is -2.01. The Balaban J connectivity index is 2.20. The molecular formula is C21H34N4O5S. The zero-order chi connectivity index (χ0) is 23.0. The van der Waals surface area contributed by atoms with Crippen LogP contribution in [0.2, 0.25) is 0 Å². The second kappa shape index (κ2) is 11.6. The summed E-state index contributed by atoms with van der Waals surface area (Å²) in [7, 11) is 1.53. The molecule has 1 aromatic heterocycles. The molecule has 0 fully saturated rings. The lowest BCUT2D eigenvalue weighted by molar-refractivity contribution is -0.132. The van der Waals surface area contributed by atoms with Crippen molar-refractivity contribution in [2.75, 3.05) is 53.6 Å². The fourth-order valence-electron chi connectivity index (χ4n) is 3.47. The Morgan fingerprint density at radius 3 is 2.26 bits per heavy atom. The summed E-state index contributed by atoms with van der Waals surface area (Å²) in [6, 6.07) is 5.00. The van der Waals surface area contributed by atoms with Crippen molar-refractivity contribution in [2.45, 2.75) is 31.6 Å². The quantitative estimate of drug-likeness (QED) is 0.457. The maximum atomic E-state index is 12.8. The van der Waals surface area contributed by atoms with Gasteiger partial charge in [0.05, 0.1) is 29.1 Å². The summed E-state index contributed by atoms with van der Waals surface area (Å²) in [5.74, 6) is 0.741. The largest absolute Gasteiger partial charge is 0.383 e. The topological polar surface area (TPSA) is 94.0 Å². The van der Waals surface area contributed by atoms with E-state index in [0.717, 1.165) is 11.3 Å². The number of imidazole rings is 1. The second-order valence-electron chi connectivity index (χ2n) is 7.19. The van der Waals surface area contributed by atoms with Gasteiger partial charge in [0, 0.05) is 60.3 Å². The number of carbonyl (C=O) groups is 1. The highest BCUT2D eigenvalue weighted by Gasteiger charge is 2.23. The summed E-state index contributed by atoms with van der Waals surface area (Å²) in [5, 5.41) is 0. The molecule has 0 unspecified atom stereocenters. The first-order valence-corrected chi connectivity index (χ1v) is 11.9. The molecule has 0 aliphatic rings. The smallest absolute Gasteiger partial charge is 0.243 e. The van der Waals surface area contributed by atoms with Crippen molar-refractivity contribution in [3.05, 3.63) is 24.0 Å². The van der Waals surface area contributed by atoms with E-state index in [1.807, 2.05) is 25.5 Å². The third kappa shape index (κ3) is 6.03. The highest BCUT2D eigenvalue weighted by Crippen LogP contribution is 2.23. The van der Waals surface area contributed by atoms with Crippen LogP contribution in [0.4, 0.5) is 0 Å². The second-order valence-corrected chi connectivity index (χ2v) is 9.13. The molecule has 0 spiro atoms. The van der Waals surface area contributed by atoms with Crippen molar-refractivity contribution in [1.29, 1.82) is 0 Å². The first kappa shape index (κ1) is 25.3. The average molecular weight is 455 g/mol. The van der Waals surface area contributed by atoms with Crippen LogP contribution in [0, 0.1) is 0 Å². The first-order valence-electron chi connectivity index (χ1n) is 10.5. The number of amides is 1. The summed E-state index contributed by atoms with van der Waals surface area (Å²) in [5.41, 5.74) is 1.44. The van der Waals surface area contributed by atoms with Crippen LogP contribution >= 0.6 is 0 Å². The third-order valence-corrected chi connectivity index (χ3v) is 7.38. The van der Waals surface area contributed by atoms with Crippen molar-refractivity contribution < 1.29 is 22.7 Å². The summed E-state index contributed by atoms with van der Waals surface area (Å²) >= 11 is 0. The molecule has 0 bridgehead atoms. The molecule has 0 radical (unpaired) electrons. The lowest BCUT2D eigenvalue weighted by Crippen LogP contribution is -2.36. The molecule has 1 heterocycles. The average Bonchev–Trinajstić information content (AvgIpc) is 3.07. The minimum absolute atomic E-state index is 0.00552. The summed E-state index contributed by atoms with van der Waals surface area (Å²) in [6.07, 6.45) is 0.758. The van der Waals surface area contributed by atoms with Crippen LogP contribution in [-0.2, 0) is 37.8 Å². The van der Waals surface area contributed by atoms with Crippen molar-refractivity contribution in [1.82, 2.24) is 18.8 Å². The molecular weight excluding hydrogens is 420 g/mol. The van der Waals surface area contributed by atoms with Crippen LogP contribution in [0.3, 0.4) is 0 Å². The SMILES string of the molecule is CCN(CC)S(=O)(=O)c1ccc2c(c1)nc(CCC(=O)N(CCOC)CCOC)n2C. The number of nitrogens with zero attached hydrogens (tertiary/aromatic N) is 4. The molecule has 10 heteroatoms. The normalized spacial score (nSPS) is 12.1. The third-order valence-electron chi connectivity index (χ3n) is 5.33. The molecule has 0 N–H and O–H groups in total. The lowest BCUT2D eigenvalue weighted by atomic mass is 10.2. The van der Waals surface area contributed by atoms with Crippen LogP contribution in [0.5, 0.6) is 0 Å². The van der Waals surface area contributed by atoms with Gasteiger partial charge in [-0.1, -0.05) is 13.8 Å². The molecule has 0 aliphatic carbocycles. The minimum atomic E-state index is -3.55. The maximum absolute atomic E-state index is 12.8. The predicted molar refractivity (Wildman–Crippen MR) is 119 cm³/mol. The Bertz CT molecular complexity index is 962. The van der Waals surface area contributed by atoms with E-state index in [-0.39, 0.29) is 10.8 Å². The number of hydrogen-bond donors (Lipinski definition) is 0. The molecule has 2 rings (SSSR count). The Morgan fingerprint density at radius 2 is 1.71 bits per heavy atom. The molecule has 1 amide bonds. The molecule has 31 heavy (non-hydrogen) atoms. The Morgan fingerprint density at radius 1 is 1.10 bits per heavy atom. The van der Waals surface area contributed by atoms with Gasteiger partial charge in [0.2, 0.25) is 15.9 Å². The van der Waals surface area contributed by atoms with Crippen LogP contribution in [0.15, 0.2) is 23.1 Å². The van der Waals surface area contributed by atoms with Gasteiger partial charge in [0.15, 0.2) is 0 Å². The zero-order valence-corrected chi connectivity index (χ0v) is 19.9. The number of aromatic nitrogens is 2. The van der Waals surface area contributed by atoms with Gasteiger partial charge in [-0.05, 0) is 18.2 Å². The molecule has 174 valence electrons. The summed E-state index contributed by atoms with van der Waals surface area (Å²) < 4.78 is 39.1. The van der Waals surface area contributed by atoms with Crippen molar-refractivity contribution in [3.63, 3.8) is 0 Å². The van der Waals surface area contributed by atoms with E-state index in [1.165, 1.54) is 4.31 Å². The maximum Gasteiger partial charge on any atom is 0.243 e. The van der Waals surface area contributed by atoms with E-state index in [2.05, 4.69) is 4.98 Å². The molecule has 0 atom stereocenters. The molecule has 1 aromatic carbocycles. The van der Waals surface area contributed by atoms with Crippen molar-refractivity contribution in [2.24, 2.45) is 7.05 Å². The van der Waals surface area contributed by atoms with Gasteiger partial charge in [-0.3, -0.25) is 4.79 Å². The number of sulfonamides is 1. The number of methoxy groups -OCH3 is 2. The summed E-state index contributed by atoms with van der Waals surface area (Å²) in [4.78, 5) is 19.2. The van der Waals surface area contributed by atoms with Gasteiger partial charge in [-0.25, -0.2) is 13.4 Å². The fourth-order valence-corrected chi connectivity index (χ4v) is 4.95. The van der Waals surface area contributed by atoms with E-state index in [4.69, 9.17) is 9.47 Å². The van der Waals surface area contributed by atoms with Crippen LogP contribution in [0.25, 0.3) is 11.0 Å². The number of hydrogen-bond acceptors (Lipinski definition) is 6. The number of rotatable bonds is 13. The Labute approximate surface area is 185 Å². The number of carbonyl (C=O) groups excluding carboxylic acids is 1.